The van der Waals surface area contributed by atoms with E-state index in [9.17, 15) is 4.79 Å². The fourth-order valence-corrected chi connectivity index (χ4v) is 2.84. The topological polar surface area (TPSA) is 57.8 Å². The van der Waals surface area contributed by atoms with Crippen LogP contribution in [-0.2, 0) is 11.2 Å². The summed E-state index contributed by atoms with van der Waals surface area (Å²) in [5, 5.41) is 11.0. The van der Waals surface area contributed by atoms with E-state index in [1.54, 1.807) is 16.2 Å². The Morgan fingerprint density at radius 3 is 3.11 bits per heavy atom. The summed E-state index contributed by atoms with van der Waals surface area (Å²) in [5.41, 5.74) is 0.801. The van der Waals surface area contributed by atoms with Crippen molar-refractivity contribution in [3.05, 3.63) is 23.5 Å². The summed E-state index contributed by atoms with van der Waals surface area (Å²) < 4.78 is 1.93. The van der Waals surface area contributed by atoms with Gasteiger partial charge < -0.3 is 10.0 Å². The van der Waals surface area contributed by atoms with Gasteiger partial charge >= 0.3 is 0 Å². The molecule has 18 heavy (non-hydrogen) atoms. The van der Waals surface area contributed by atoms with Crippen molar-refractivity contribution in [2.24, 2.45) is 0 Å². The van der Waals surface area contributed by atoms with Crippen LogP contribution in [0.25, 0.3) is 4.96 Å². The van der Waals surface area contributed by atoms with Crippen molar-refractivity contribution >= 4 is 22.2 Å². The molecule has 2 aromatic heterocycles. The molecule has 5 nitrogen and oxygen atoms in total. The third-order valence-electron chi connectivity index (χ3n) is 3.12. The van der Waals surface area contributed by atoms with Crippen molar-refractivity contribution < 1.29 is 9.90 Å². The molecular weight excluding hydrogens is 250 g/mol. The van der Waals surface area contributed by atoms with Crippen LogP contribution in [0, 0.1) is 0 Å². The molecule has 2 aromatic rings. The highest BCUT2D eigenvalue weighted by molar-refractivity contribution is 7.15. The molecule has 0 aromatic carbocycles. The van der Waals surface area contributed by atoms with Crippen LogP contribution in [0.1, 0.15) is 18.5 Å². The van der Waals surface area contributed by atoms with Crippen molar-refractivity contribution in [2.45, 2.75) is 25.3 Å². The van der Waals surface area contributed by atoms with Crippen LogP contribution < -0.4 is 0 Å². The molecule has 3 rings (SSSR count). The second-order valence-corrected chi connectivity index (χ2v) is 5.42. The van der Waals surface area contributed by atoms with E-state index in [0.717, 1.165) is 23.5 Å². The molecule has 1 saturated carbocycles. The molecule has 0 aliphatic heterocycles. The van der Waals surface area contributed by atoms with Crippen LogP contribution in [0.5, 0.6) is 0 Å². The van der Waals surface area contributed by atoms with E-state index in [1.807, 2.05) is 22.2 Å². The minimum absolute atomic E-state index is 0.0283. The molecule has 96 valence electrons. The molecule has 0 spiro atoms. The summed E-state index contributed by atoms with van der Waals surface area (Å²) >= 11 is 1.56. The molecule has 0 radical (unpaired) electrons. The fraction of sp³-hybridized carbons (Fsp3) is 0.500. The lowest BCUT2D eigenvalue weighted by Crippen LogP contribution is -2.36. The highest BCUT2D eigenvalue weighted by Gasteiger charge is 2.32. The first-order chi connectivity index (χ1) is 8.78. The first-order valence-corrected chi connectivity index (χ1v) is 6.97. The number of carbonyl (C=O) groups excluding carboxylic acids is 1. The highest BCUT2D eigenvalue weighted by atomic mass is 32.1. The lowest BCUT2D eigenvalue weighted by atomic mass is 10.3. The molecule has 6 heteroatoms. The number of aromatic nitrogens is 2. The molecule has 0 saturated heterocycles. The van der Waals surface area contributed by atoms with Crippen molar-refractivity contribution in [1.82, 2.24) is 14.3 Å². The van der Waals surface area contributed by atoms with Crippen LogP contribution in [0.15, 0.2) is 17.8 Å². The Morgan fingerprint density at radius 2 is 2.44 bits per heavy atom. The average Bonchev–Trinajstić information content (AvgIpc) is 2.96. The third kappa shape index (κ3) is 2.26. The normalized spacial score (nSPS) is 15.2. The van der Waals surface area contributed by atoms with Crippen molar-refractivity contribution in [3.8, 4) is 0 Å². The van der Waals surface area contributed by atoms with E-state index < -0.39 is 0 Å². The van der Waals surface area contributed by atoms with Crippen molar-refractivity contribution in [3.63, 3.8) is 0 Å². The minimum Gasteiger partial charge on any atom is -0.395 e. The smallest absolute Gasteiger partial charge is 0.228 e. The van der Waals surface area contributed by atoms with Gasteiger partial charge in [0.2, 0.25) is 5.91 Å². The Kier molecular flexibility index (Phi) is 3.05. The number of fused-ring (bicyclic) bond motifs is 1. The summed E-state index contributed by atoms with van der Waals surface area (Å²) in [4.78, 5) is 19.3. The van der Waals surface area contributed by atoms with Gasteiger partial charge in [0.25, 0.3) is 0 Å². The zero-order valence-corrected chi connectivity index (χ0v) is 10.8. The maximum Gasteiger partial charge on any atom is 0.228 e. The van der Waals surface area contributed by atoms with Crippen LogP contribution in [0.2, 0.25) is 0 Å². The number of rotatable bonds is 5. The predicted octanol–water partition coefficient (Wildman–Crippen LogP) is 0.922. The van der Waals surface area contributed by atoms with E-state index in [2.05, 4.69) is 4.98 Å². The largest absolute Gasteiger partial charge is 0.395 e. The van der Waals surface area contributed by atoms with E-state index in [0.29, 0.717) is 19.0 Å². The third-order valence-corrected chi connectivity index (χ3v) is 3.90. The van der Waals surface area contributed by atoms with Crippen molar-refractivity contribution in [1.29, 1.82) is 0 Å². The first-order valence-electron chi connectivity index (χ1n) is 6.09. The molecule has 1 N–H and O–H groups in total. The molecule has 1 aliphatic rings. The average molecular weight is 265 g/mol. The Labute approximate surface area is 109 Å². The second-order valence-electron chi connectivity index (χ2n) is 4.54. The van der Waals surface area contributed by atoms with Crippen molar-refractivity contribution in [2.75, 3.05) is 13.2 Å². The summed E-state index contributed by atoms with van der Waals surface area (Å²) in [6.07, 6.45) is 6.28. The minimum atomic E-state index is 0.0283. The highest BCUT2D eigenvalue weighted by Crippen LogP contribution is 2.27. The molecule has 1 aliphatic carbocycles. The Balaban J connectivity index is 1.70. The first kappa shape index (κ1) is 11.7. The molecular formula is C12H15N3O2S. The predicted molar refractivity (Wildman–Crippen MR) is 68.6 cm³/mol. The van der Waals surface area contributed by atoms with Gasteiger partial charge in [-0.1, -0.05) is 0 Å². The number of nitrogens with zero attached hydrogens (tertiary/aromatic N) is 3. The number of imidazole rings is 1. The van der Waals surface area contributed by atoms with E-state index in [-0.39, 0.29) is 12.5 Å². The maximum absolute atomic E-state index is 12.2. The fourth-order valence-electron chi connectivity index (χ4n) is 2.12. The summed E-state index contributed by atoms with van der Waals surface area (Å²) in [6, 6.07) is 0.341. The summed E-state index contributed by atoms with van der Waals surface area (Å²) in [6.45, 7) is 0.465. The SMILES string of the molecule is O=C(Cc1cn2ccsc2n1)N(CCO)C1CC1. The monoisotopic (exact) mass is 265 g/mol. The number of thiazole rings is 1. The van der Waals surface area contributed by atoms with Crippen LogP contribution in [-0.4, -0.2) is 44.5 Å². The number of aliphatic hydroxyl groups is 1. The Hall–Kier alpha value is -1.40. The van der Waals surface area contributed by atoms with Gasteiger partial charge in [-0.15, -0.1) is 11.3 Å². The Morgan fingerprint density at radius 1 is 1.61 bits per heavy atom. The quantitative estimate of drug-likeness (QED) is 0.874. The lowest BCUT2D eigenvalue weighted by Gasteiger charge is -2.20. The van der Waals surface area contributed by atoms with Crippen LogP contribution >= 0.6 is 11.3 Å². The van der Waals surface area contributed by atoms with E-state index in [4.69, 9.17) is 5.11 Å². The molecule has 0 atom stereocenters. The zero-order chi connectivity index (χ0) is 12.5. The van der Waals surface area contributed by atoms with Gasteiger partial charge in [0.15, 0.2) is 4.96 Å². The Bertz CT molecular complexity index is 530. The van der Waals surface area contributed by atoms with Gasteiger partial charge in [0.1, 0.15) is 0 Å². The summed E-state index contributed by atoms with van der Waals surface area (Å²) in [5.74, 6) is 0.0669. The van der Waals surface area contributed by atoms with Gasteiger partial charge in [-0.3, -0.25) is 9.20 Å². The van der Waals surface area contributed by atoms with E-state index >= 15 is 0 Å². The standard InChI is InChI=1S/C12H15N3O2S/c16-5-3-15(10-1-2-10)11(17)7-9-8-14-4-6-18-12(14)13-9/h4,6,8,10,16H,1-3,5,7H2. The second kappa shape index (κ2) is 4.70. The van der Waals surface area contributed by atoms with Gasteiger partial charge in [-0.05, 0) is 12.8 Å². The summed E-state index contributed by atoms with van der Waals surface area (Å²) in [7, 11) is 0. The number of hydrogen-bond acceptors (Lipinski definition) is 4. The number of hydrogen-bond donors (Lipinski definition) is 1. The van der Waals surface area contributed by atoms with Gasteiger partial charge in [-0.25, -0.2) is 4.98 Å². The lowest BCUT2D eigenvalue weighted by molar-refractivity contribution is -0.131. The van der Waals surface area contributed by atoms with E-state index in [1.165, 1.54) is 0 Å². The zero-order valence-electron chi connectivity index (χ0n) is 9.95. The number of aliphatic hydroxyl groups excluding tert-OH is 1. The van der Waals surface area contributed by atoms with Crippen LogP contribution in [0.4, 0.5) is 0 Å². The molecule has 1 amide bonds. The maximum atomic E-state index is 12.2. The van der Waals surface area contributed by atoms with Gasteiger partial charge in [-0.2, -0.15) is 0 Å². The molecule has 0 bridgehead atoms. The number of amides is 1. The van der Waals surface area contributed by atoms with Gasteiger partial charge in [0.05, 0.1) is 18.7 Å². The molecule has 1 fully saturated rings. The van der Waals surface area contributed by atoms with Crippen LogP contribution in [0.3, 0.4) is 0 Å². The van der Waals surface area contributed by atoms with Gasteiger partial charge in [0, 0.05) is 30.4 Å². The number of carbonyl (C=O) groups is 1. The molecule has 2 heterocycles. The molecule has 0 unspecified atom stereocenters.